The molecule has 1 atom stereocenters. The molecule has 0 spiro atoms. The van der Waals surface area contributed by atoms with Gasteiger partial charge in [-0.2, -0.15) is 0 Å². The molecule has 0 aromatic heterocycles. The van der Waals surface area contributed by atoms with Gasteiger partial charge >= 0.3 is 12.1 Å². The van der Waals surface area contributed by atoms with Gasteiger partial charge in [0.1, 0.15) is 11.6 Å². The zero-order chi connectivity index (χ0) is 19.3. The average molecular weight is 356 g/mol. The van der Waals surface area contributed by atoms with Crippen molar-refractivity contribution < 1.29 is 19.1 Å². The van der Waals surface area contributed by atoms with E-state index in [2.05, 4.69) is 20.8 Å². The third-order valence-corrected chi connectivity index (χ3v) is 4.61. The first kappa shape index (κ1) is 21.8. The van der Waals surface area contributed by atoms with E-state index < -0.39 is 17.7 Å². The Labute approximate surface area is 153 Å². The van der Waals surface area contributed by atoms with Crippen LogP contribution in [0.15, 0.2) is 0 Å². The highest BCUT2D eigenvalue weighted by Gasteiger charge is 2.39. The lowest BCUT2D eigenvalue weighted by Gasteiger charge is -2.38. The molecule has 1 fully saturated rings. The monoisotopic (exact) mass is 355 g/mol. The molecule has 0 heterocycles. The van der Waals surface area contributed by atoms with E-state index in [1.54, 1.807) is 4.90 Å². The molecule has 0 saturated heterocycles. The molecule has 0 bridgehead atoms. The van der Waals surface area contributed by atoms with Gasteiger partial charge in [-0.05, 0) is 51.4 Å². The second-order valence-electron chi connectivity index (χ2n) is 9.35. The van der Waals surface area contributed by atoms with Gasteiger partial charge in [-0.1, -0.05) is 40.0 Å². The van der Waals surface area contributed by atoms with Crippen LogP contribution in [0.4, 0.5) is 4.79 Å². The van der Waals surface area contributed by atoms with Gasteiger partial charge < -0.3 is 9.47 Å². The van der Waals surface area contributed by atoms with Crippen molar-refractivity contribution in [3.8, 4) is 0 Å². The molecular formula is C20H37NO4. The van der Waals surface area contributed by atoms with Crippen LogP contribution in [0, 0.1) is 11.3 Å². The van der Waals surface area contributed by atoms with Crippen molar-refractivity contribution in [2.45, 2.75) is 91.7 Å². The van der Waals surface area contributed by atoms with Crippen molar-refractivity contribution in [1.29, 1.82) is 0 Å². The smallest absolute Gasteiger partial charge is 0.411 e. The van der Waals surface area contributed by atoms with Gasteiger partial charge in [0.05, 0.1) is 7.11 Å². The van der Waals surface area contributed by atoms with Crippen LogP contribution >= 0.6 is 0 Å². The van der Waals surface area contributed by atoms with E-state index in [4.69, 9.17) is 9.47 Å². The lowest BCUT2D eigenvalue weighted by atomic mass is 9.82. The summed E-state index contributed by atoms with van der Waals surface area (Å²) in [6, 6.07) is -0.553. The average Bonchev–Trinajstić information content (AvgIpc) is 2.48. The summed E-state index contributed by atoms with van der Waals surface area (Å²) in [5, 5.41) is 0. The third kappa shape index (κ3) is 7.66. The number of hydrogen-bond donors (Lipinski definition) is 0. The Morgan fingerprint density at radius 2 is 1.60 bits per heavy atom. The highest BCUT2D eigenvalue weighted by molar-refractivity contribution is 5.82. The van der Waals surface area contributed by atoms with Crippen LogP contribution in [0.5, 0.6) is 0 Å². The topological polar surface area (TPSA) is 55.8 Å². The number of carbonyl (C=O) groups is 2. The van der Waals surface area contributed by atoms with Crippen molar-refractivity contribution in [2.75, 3.05) is 13.7 Å². The molecular weight excluding hydrogens is 318 g/mol. The predicted molar refractivity (Wildman–Crippen MR) is 99.4 cm³/mol. The summed E-state index contributed by atoms with van der Waals surface area (Å²) in [5.41, 5.74) is -0.530. The number of nitrogens with zero attached hydrogens (tertiary/aromatic N) is 1. The predicted octanol–water partition coefficient (Wildman–Crippen LogP) is 4.78. The number of carbonyl (C=O) groups excluding carboxylic acids is 2. The summed E-state index contributed by atoms with van der Waals surface area (Å²) >= 11 is 0. The van der Waals surface area contributed by atoms with Gasteiger partial charge in [-0.25, -0.2) is 9.59 Å². The Morgan fingerprint density at radius 1 is 1.04 bits per heavy atom. The molecule has 0 aromatic carbocycles. The fraction of sp³-hybridized carbons (Fsp3) is 0.900. The van der Waals surface area contributed by atoms with E-state index in [-0.39, 0.29) is 17.3 Å². The molecule has 5 heteroatoms. The first-order valence-electron chi connectivity index (χ1n) is 9.52. The van der Waals surface area contributed by atoms with Crippen molar-refractivity contribution in [3.05, 3.63) is 0 Å². The maximum absolute atomic E-state index is 12.9. The van der Waals surface area contributed by atoms with Gasteiger partial charge in [-0.15, -0.1) is 0 Å². The summed E-state index contributed by atoms with van der Waals surface area (Å²) in [6.45, 7) is 12.4. The van der Waals surface area contributed by atoms with Crippen LogP contribution in [0.3, 0.4) is 0 Å². The van der Waals surface area contributed by atoms with E-state index in [1.165, 1.54) is 13.5 Å². The maximum Gasteiger partial charge on any atom is 0.411 e. The minimum absolute atomic E-state index is 0.0630. The molecule has 0 radical (unpaired) electrons. The van der Waals surface area contributed by atoms with E-state index in [9.17, 15) is 9.59 Å². The minimum Gasteiger partial charge on any atom is -0.467 e. The quantitative estimate of drug-likeness (QED) is 0.666. The molecule has 0 aliphatic heterocycles. The van der Waals surface area contributed by atoms with Crippen LogP contribution in [0.1, 0.15) is 80.1 Å². The number of amides is 1. The van der Waals surface area contributed by atoms with Crippen molar-refractivity contribution in [2.24, 2.45) is 11.3 Å². The van der Waals surface area contributed by atoms with Crippen molar-refractivity contribution in [1.82, 2.24) is 4.90 Å². The zero-order valence-electron chi connectivity index (χ0n) is 17.2. The molecule has 0 unspecified atom stereocenters. The molecule has 1 aliphatic rings. The van der Waals surface area contributed by atoms with Gasteiger partial charge in [0, 0.05) is 6.54 Å². The van der Waals surface area contributed by atoms with E-state index in [1.807, 2.05) is 20.8 Å². The van der Waals surface area contributed by atoms with Gasteiger partial charge in [0.15, 0.2) is 0 Å². The fourth-order valence-corrected chi connectivity index (χ4v) is 3.27. The number of hydrogen-bond acceptors (Lipinski definition) is 4. The number of rotatable bonds is 5. The number of methoxy groups -OCH3 is 1. The first-order valence-corrected chi connectivity index (χ1v) is 9.52. The molecule has 146 valence electrons. The molecule has 1 aliphatic carbocycles. The second kappa shape index (κ2) is 8.91. The minimum atomic E-state index is -0.593. The Hall–Kier alpha value is -1.26. The van der Waals surface area contributed by atoms with Crippen LogP contribution in [-0.2, 0) is 14.3 Å². The molecule has 5 nitrogen and oxygen atoms in total. The molecule has 0 aromatic rings. The van der Waals surface area contributed by atoms with Gasteiger partial charge in [0.2, 0.25) is 0 Å². The van der Waals surface area contributed by atoms with Crippen LogP contribution in [0.25, 0.3) is 0 Å². The number of ether oxygens (including phenoxy) is 2. The van der Waals surface area contributed by atoms with E-state index in [0.717, 1.165) is 32.1 Å². The summed E-state index contributed by atoms with van der Waals surface area (Å²) < 4.78 is 10.7. The highest BCUT2D eigenvalue weighted by atomic mass is 16.6. The first-order chi connectivity index (χ1) is 11.4. The van der Waals surface area contributed by atoms with E-state index in [0.29, 0.717) is 6.54 Å². The zero-order valence-corrected chi connectivity index (χ0v) is 17.2. The summed E-state index contributed by atoms with van der Waals surface area (Å²) in [7, 11) is 1.40. The van der Waals surface area contributed by atoms with Crippen LogP contribution < -0.4 is 0 Å². The molecule has 1 saturated carbocycles. The summed E-state index contributed by atoms with van der Waals surface area (Å²) in [5.74, 6) is -0.180. The lowest BCUT2D eigenvalue weighted by molar-refractivity contribution is -0.149. The van der Waals surface area contributed by atoms with Crippen LogP contribution in [-0.4, -0.2) is 42.3 Å². The normalized spacial score (nSPS) is 17.7. The Bertz CT molecular complexity index is 442. The van der Waals surface area contributed by atoms with Crippen molar-refractivity contribution >= 4 is 12.1 Å². The van der Waals surface area contributed by atoms with Crippen molar-refractivity contribution in [3.63, 3.8) is 0 Å². The second-order valence-corrected chi connectivity index (χ2v) is 9.35. The molecule has 1 rings (SSSR count). The summed E-state index contributed by atoms with van der Waals surface area (Å²) in [6.07, 6.45) is 5.67. The SMILES string of the molecule is COC(=O)[C@H](C1CCCCC1)N(CCC(C)(C)C)C(=O)OC(C)(C)C. The molecule has 1 amide bonds. The van der Waals surface area contributed by atoms with Gasteiger partial charge in [-0.3, -0.25) is 4.90 Å². The molecule has 25 heavy (non-hydrogen) atoms. The Balaban J connectivity index is 3.08. The standard InChI is InChI=1S/C20H37NO4/c1-19(2,3)13-14-21(18(23)25-20(4,5)6)16(17(22)24-7)15-11-9-8-10-12-15/h15-16H,8-14H2,1-7H3/t16-/m0/s1. The van der Waals surface area contributed by atoms with E-state index >= 15 is 0 Å². The molecule has 0 N–H and O–H groups in total. The highest BCUT2D eigenvalue weighted by Crippen LogP contribution is 2.31. The summed E-state index contributed by atoms with van der Waals surface area (Å²) in [4.78, 5) is 27.1. The third-order valence-electron chi connectivity index (χ3n) is 4.61. The Kier molecular flexibility index (Phi) is 7.76. The largest absolute Gasteiger partial charge is 0.467 e. The number of esters is 1. The maximum atomic E-state index is 12.9. The van der Waals surface area contributed by atoms with Crippen LogP contribution in [0.2, 0.25) is 0 Å². The lowest BCUT2D eigenvalue weighted by Crippen LogP contribution is -2.52. The fourth-order valence-electron chi connectivity index (χ4n) is 3.27. The van der Waals surface area contributed by atoms with Gasteiger partial charge in [0.25, 0.3) is 0 Å². The Morgan fingerprint density at radius 3 is 2.04 bits per heavy atom.